The van der Waals surface area contributed by atoms with E-state index in [-0.39, 0.29) is 11.9 Å². The molecule has 0 saturated heterocycles. The van der Waals surface area contributed by atoms with Gasteiger partial charge in [-0.1, -0.05) is 13.8 Å². The topological polar surface area (TPSA) is 58.1 Å². The second kappa shape index (κ2) is 7.76. The van der Waals surface area contributed by atoms with Crippen LogP contribution in [0.3, 0.4) is 0 Å². The van der Waals surface area contributed by atoms with Gasteiger partial charge in [-0.2, -0.15) is 0 Å². The first-order valence-electron chi connectivity index (χ1n) is 6.42. The van der Waals surface area contributed by atoms with Gasteiger partial charge >= 0.3 is 0 Å². The number of rotatable bonds is 7. The van der Waals surface area contributed by atoms with Crippen molar-refractivity contribution in [3.63, 3.8) is 0 Å². The molecule has 1 amide bonds. The van der Waals surface area contributed by atoms with Gasteiger partial charge in [0.15, 0.2) is 0 Å². The first kappa shape index (κ1) is 14.6. The van der Waals surface area contributed by atoms with E-state index in [0.29, 0.717) is 13.0 Å². The van der Waals surface area contributed by atoms with E-state index >= 15 is 0 Å². The molecule has 5 heteroatoms. The molecular formula is C13H22N4O. The Morgan fingerprint density at radius 3 is 2.67 bits per heavy atom. The molecule has 0 aromatic carbocycles. The Morgan fingerprint density at radius 1 is 1.39 bits per heavy atom. The molecule has 0 fully saturated rings. The van der Waals surface area contributed by atoms with Crippen LogP contribution in [0, 0.1) is 0 Å². The molecule has 100 valence electrons. The first-order valence-corrected chi connectivity index (χ1v) is 6.42. The van der Waals surface area contributed by atoms with Crippen LogP contribution in [-0.2, 0) is 11.2 Å². The molecule has 1 rings (SSSR count). The van der Waals surface area contributed by atoms with Crippen molar-refractivity contribution >= 4 is 5.91 Å². The standard InChI is InChI=1S/C13H22N4O/c1-4-17(5-2)10-13(18)16-11(3)8-12-9-14-6-7-15-12/h6-7,9,11H,4-5,8,10H2,1-3H3,(H,16,18)/t11-/m1/s1. The van der Waals surface area contributed by atoms with Crippen LogP contribution in [0.5, 0.6) is 0 Å². The van der Waals surface area contributed by atoms with Crippen LogP contribution in [0.25, 0.3) is 0 Å². The summed E-state index contributed by atoms with van der Waals surface area (Å²) in [5.74, 6) is 0.0649. The van der Waals surface area contributed by atoms with Crippen LogP contribution in [-0.4, -0.2) is 46.5 Å². The highest BCUT2D eigenvalue weighted by Crippen LogP contribution is 1.97. The highest BCUT2D eigenvalue weighted by atomic mass is 16.2. The fraction of sp³-hybridized carbons (Fsp3) is 0.615. The molecule has 0 spiro atoms. The maximum absolute atomic E-state index is 11.8. The average molecular weight is 250 g/mol. The summed E-state index contributed by atoms with van der Waals surface area (Å²) < 4.78 is 0. The molecule has 0 aliphatic heterocycles. The molecular weight excluding hydrogens is 228 g/mol. The van der Waals surface area contributed by atoms with Crippen LogP contribution < -0.4 is 5.32 Å². The Labute approximate surface area is 109 Å². The van der Waals surface area contributed by atoms with Crippen molar-refractivity contribution in [3.05, 3.63) is 24.3 Å². The number of likely N-dealkylation sites (N-methyl/N-ethyl adjacent to an activating group) is 1. The van der Waals surface area contributed by atoms with Gasteiger partial charge in [-0.3, -0.25) is 19.7 Å². The molecule has 18 heavy (non-hydrogen) atoms. The Balaban J connectivity index is 2.36. The Bertz CT molecular complexity index is 351. The quantitative estimate of drug-likeness (QED) is 0.780. The third-order valence-electron chi connectivity index (χ3n) is 2.80. The summed E-state index contributed by atoms with van der Waals surface area (Å²) >= 11 is 0. The number of hydrogen-bond donors (Lipinski definition) is 1. The summed E-state index contributed by atoms with van der Waals surface area (Å²) in [6.45, 7) is 8.33. The summed E-state index contributed by atoms with van der Waals surface area (Å²) in [5.41, 5.74) is 0.896. The summed E-state index contributed by atoms with van der Waals surface area (Å²) in [5, 5.41) is 2.98. The van der Waals surface area contributed by atoms with Gasteiger partial charge in [0, 0.05) is 31.1 Å². The molecule has 5 nitrogen and oxygen atoms in total. The number of hydrogen-bond acceptors (Lipinski definition) is 4. The average Bonchev–Trinajstić information content (AvgIpc) is 2.36. The van der Waals surface area contributed by atoms with E-state index < -0.39 is 0 Å². The van der Waals surface area contributed by atoms with Crippen LogP contribution >= 0.6 is 0 Å². The third kappa shape index (κ3) is 5.23. The predicted molar refractivity (Wildman–Crippen MR) is 71.1 cm³/mol. The SMILES string of the molecule is CCN(CC)CC(=O)N[C@H](C)Cc1cnccn1. The highest BCUT2D eigenvalue weighted by Gasteiger charge is 2.11. The van der Waals surface area contributed by atoms with E-state index in [0.717, 1.165) is 18.8 Å². The van der Waals surface area contributed by atoms with Crippen molar-refractivity contribution in [1.82, 2.24) is 20.2 Å². The summed E-state index contributed by atoms with van der Waals surface area (Å²) in [7, 11) is 0. The lowest BCUT2D eigenvalue weighted by atomic mass is 10.2. The molecule has 0 aliphatic rings. The molecule has 1 N–H and O–H groups in total. The van der Waals surface area contributed by atoms with Gasteiger partial charge in [-0.25, -0.2) is 0 Å². The Hall–Kier alpha value is -1.49. The van der Waals surface area contributed by atoms with Gasteiger partial charge in [0.25, 0.3) is 0 Å². The minimum atomic E-state index is 0.0649. The number of nitrogens with zero attached hydrogens (tertiary/aromatic N) is 3. The Kier molecular flexibility index (Phi) is 6.28. The molecule has 0 unspecified atom stereocenters. The van der Waals surface area contributed by atoms with Crippen molar-refractivity contribution in [2.75, 3.05) is 19.6 Å². The lowest BCUT2D eigenvalue weighted by Gasteiger charge is -2.19. The van der Waals surface area contributed by atoms with Gasteiger partial charge in [0.2, 0.25) is 5.91 Å². The normalized spacial score (nSPS) is 12.4. The third-order valence-corrected chi connectivity index (χ3v) is 2.80. The minimum Gasteiger partial charge on any atom is -0.352 e. The van der Waals surface area contributed by atoms with E-state index in [2.05, 4.69) is 34.0 Å². The summed E-state index contributed by atoms with van der Waals surface area (Å²) in [4.78, 5) is 22.1. The second-order valence-electron chi connectivity index (χ2n) is 4.33. The number of nitrogens with one attached hydrogen (secondary N) is 1. The van der Waals surface area contributed by atoms with E-state index in [1.54, 1.807) is 18.6 Å². The van der Waals surface area contributed by atoms with Gasteiger partial charge < -0.3 is 5.32 Å². The minimum absolute atomic E-state index is 0.0649. The molecule has 0 bridgehead atoms. The molecule has 1 aromatic rings. The van der Waals surface area contributed by atoms with Crippen LogP contribution in [0.1, 0.15) is 26.5 Å². The summed E-state index contributed by atoms with van der Waals surface area (Å²) in [6.07, 6.45) is 5.75. The molecule has 1 aromatic heterocycles. The van der Waals surface area contributed by atoms with Crippen molar-refractivity contribution < 1.29 is 4.79 Å². The summed E-state index contributed by atoms with van der Waals surface area (Å²) in [6, 6.07) is 0.0739. The number of aromatic nitrogens is 2. The fourth-order valence-electron chi connectivity index (χ4n) is 1.77. The lowest BCUT2D eigenvalue weighted by Crippen LogP contribution is -2.41. The molecule has 0 radical (unpaired) electrons. The monoisotopic (exact) mass is 250 g/mol. The van der Waals surface area contributed by atoms with E-state index in [9.17, 15) is 4.79 Å². The zero-order valence-corrected chi connectivity index (χ0v) is 11.4. The predicted octanol–water partition coefficient (Wildman–Crippen LogP) is 0.866. The van der Waals surface area contributed by atoms with Gasteiger partial charge in [-0.15, -0.1) is 0 Å². The van der Waals surface area contributed by atoms with Crippen LogP contribution in [0.15, 0.2) is 18.6 Å². The first-order chi connectivity index (χ1) is 8.65. The van der Waals surface area contributed by atoms with Crippen LogP contribution in [0.4, 0.5) is 0 Å². The van der Waals surface area contributed by atoms with Crippen LogP contribution in [0.2, 0.25) is 0 Å². The smallest absolute Gasteiger partial charge is 0.234 e. The lowest BCUT2D eigenvalue weighted by molar-refractivity contribution is -0.122. The van der Waals surface area contributed by atoms with E-state index in [1.165, 1.54) is 0 Å². The van der Waals surface area contributed by atoms with Crippen molar-refractivity contribution in [2.24, 2.45) is 0 Å². The van der Waals surface area contributed by atoms with Gasteiger partial charge in [0.1, 0.15) is 0 Å². The fourth-order valence-corrected chi connectivity index (χ4v) is 1.77. The Morgan fingerprint density at radius 2 is 2.11 bits per heavy atom. The number of carbonyl (C=O) groups excluding carboxylic acids is 1. The number of carbonyl (C=O) groups is 1. The van der Waals surface area contributed by atoms with E-state index in [4.69, 9.17) is 0 Å². The van der Waals surface area contributed by atoms with Crippen molar-refractivity contribution in [2.45, 2.75) is 33.2 Å². The highest BCUT2D eigenvalue weighted by molar-refractivity contribution is 5.78. The van der Waals surface area contributed by atoms with E-state index in [1.807, 2.05) is 6.92 Å². The molecule has 1 atom stereocenters. The zero-order chi connectivity index (χ0) is 13.4. The largest absolute Gasteiger partial charge is 0.352 e. The van der Waals surface area contributed by atoms with Crippen molar-refractivity contribution in [1.29, 1.82) is 0 Å². The van der Waals surface area contributed by atoms with Gasteiger partial charge in [0.05, 0.1) is 12.2 Å². The molecule has 0 aliphatic carbocycles. The zero-order valence-electron chi connectivity index (χ0n) is 11.4. The number of amides is 1. The van der Waals surface area contributed by atoms with Gasteiger partial charge in [-0.05, 0) is 20.0 Å². The molecule has 0 saturated carbocycles. The maximum Gasteiger partial charge on any atom is 0.234 e. The maximum atomic E-state index is 11.8. The van der Waals surface area contributed by atoms with Crippen molar-refractivity contribution in [3.8, 4) is 0 Å². The molecule has 1 heterocycles. The second-order valence-corrected chi connectivity index (χ2v) is 4.33.